The molecule has 0 atom stereocenters. The molecule has 0 saturated heterocycles. The highest BCUT2D eigenvalue weighted by molar-refractivity contribution is 5.92. The Kier molecular flexibility index (Phi) is 3.23. The van der Waals surface area contributed by atoms with Crippen LogP contribution in [-0.2, 0) is 13.0 Å². The van der Waals surface area contributed by atoms with Crippen LogP contribution in [0, 0.1) is 25.5 Å². The quantitative estimate of drug-likeness (QED) is 0.812. The molecule has 110 valence electrons. The lowest BCUT2D eigenvalue weighted by Crippen LogP contribution is -2.36. The largest absolute Gasteiger partial charge is 0.436 e. The Morgan fingerprint density at radius 2 is 2.10 bits per heavy atom. The number of aryl methyl sites for hydroxylation is 2. The number of carbonyl (C=O) groups is 1. The second-order valence-electron chi connectivity index (χ2n) is 5.15. The van der Waals surface area contributed by atoms with E-state index in [0.717, 1.165) is 6.07 Å². The molecule has 2 aromatic rings. The fourth-order valence-electron chi connectivity index (χ4n) is 2.66. The Balaban J connectivity index is 1.89. The van der Waals surface area contributed by atoms with E-state index in [2.05, 4.69) is 4.98 Å². The van der Waals surface area contributed by atoms with Gasteiger partial charge in [0, 0.05) is 26.1 Å². The summed E-state index contributed by atoms with van der Waals surface area (Å²) in [5.74, 6) is -0.877. The van der Waals surface area contributed by atoms with Crippen LogP contribution in [0.4, 0.5) is 8.78 Å². The average Bonchev–Trinajstić information content (AvgIpc) is 2.76. The maximum atomic E-state index is 13.7. The molecule has 4 nitrogen and oxygen atoms in total. The molecule has 0 radical (unpaired) electrons. The predicted molar refractivity (Wildman–Crippen MR) is 70.8 cm³/mol. The van der Waals surface area contributed by atoms with Crippen LogP contribution in [0.1, 0.15) is 33.3 Å². The minimum atomic E-state index is -0.632. The molecule has 2 heterocycles. The number of fused-ring (bicyclic) bond motifs is 1. The van der Waals surface area contributed by atoms with Gasteiger partial charge in [0.05, 0.1) is 5.69 Å². The van der Waals surface area contributed by atoms with Crippen molar-refractivity contribution in [3.05, 3.63) is 52.2 Å². The lowest BCUT2D eigenvalue weighted by atomic mass is 9.98. The van der Waals surface area contributed by atoms with E-state index in [4.69, 9.17) is 4.42 Å². The summed E-state index contributed by atoms with van der Waals surface area (Å²) in [4.78, 5) is 18.0. The maximum absolute atomic E-state index is 13.7. The van der Waals surface area contributed by atoms with Crippen molar-refractivity contribution in [2.24, 2.45) is 0 Å². The molecule has 1 aliphatic rings. The van der Waals surface area contributed by atoms with E-state index in [9.17, 15) is 13.6 Å². The van der Waals surface area contributed by atoms with Gasteiger partial charge in [-0.1, -0.05) is 0 Å². The zero-order chi connectivity index (χ0) is 15.1. The molecule has 0 unspecified atom stereocenters. The van der Waals surface area contributed by atoms with E-state index in [1.807, 2.05) is 0 Å². The molecule has 1 aromatic heterocycles. The van der Waals surface area contributed by atoms with Crippen molar-refractivity contribution in [1.82, 2.24) is 9.88 Å². The third-order valence-corrected chi connectivity index (χ3v) is 3.63. The molecule has 0 fully saturated rings. The van der Waals surface area contributed by atoms with Gasteiger partial charge in [0.25, 0.3) is 5.91 Å². The second-order valence-corrected chi connectivity index (χ2v) is 5.15. The molecule has 0 N–H and O–H groups in total. The monoisotopic (exact) mass is 292 g/mol. The van der Waals surface area contributed by atoms with Gasteiger partial charge in [-0.3, -0.25) is 4.79 Å². The molecule has 0 bridgehead atoms. The zero-order valence-corrected chi connectivity index (χ0v) is 11.7. The summed E-state index contributed by atoms with van der Waals surface area (Å²) in [7, 11) is 0. The Labute approximate surface area is 120 Å². The highest BCUT2D eigenvalue weighted by Crippen LogP contribution is 2.25. The minimum Gasteiger partial charge on any atom is -0.436 e. The number of oxazole rings is 1. The van der Waals surface area contributed by atoms with Crippen LogP contribution in [-0.4, -0.2) is 22.3 Å². The number of benzene rings is 1. The van der Waals surface area contributed by atoms with Crippen molar-refractivity contribution in [3.8, 4) is 0 Å². The number of aromatic nitrogens is 1. The smallest absolute Gasteiger partial charge is 0.291 e. The number of amides is 1. The molecule has 0 spiro atoms. The van der Waals surface area contributed by atoms with Crippen LogP contribution in [0.5, 0.6) is 0 Å². The van der Waals surface area contributed by atoms with Gasteiger partial charge in [0.2, 0.25) is 5.76 Å². The van der Waals surface area contributed by atoms with Crippen molar-refractivity contribution < 1.29 is 18.0 Å². The van der Waals surface area contributed by atoms with E-state index < -0.39 is 11.6 Å². The van der Waals surface area contributed by atoms with Gasteiger partial charge in [-0.2, -0.15) is 0 Å². The predicted octanol–water partition coefficient (Wildman–Crippen LogP) is 2.77. The Morgan fingerprint density at radius 1 is 1.33 bits per heavy atom. The summed E-state index contributed by atoms with van der Waals surface area (Å²) in [6, 6.07) is 2.15. The van der Waals surface area contributed by atoms with Crippen molar-refractivity contribution in [1.29, 1.82) is 0 Å². The summed E-state index contributed by atoms with van der Waals surface area (Å²) >= 11 is 0. The first-order chi connectivity index (χ1) is 9.95. The van der Waals surface area contributed by atoms with Crippen LogP contribution in [0.25, 0.3) is 0 Å². The summed E-state index contributed by atoms with van der Waals surface area (Å²) < 4.78 is 32.3. The van der Waals surface area contributed by atoms with Crippen LogP contribution in [0.3, 0.4) is 0 Å². The number of carbonyl (C=O) groups excluding carboxylic acids is 1. The Morgan fingerprint density at radius 3 is 2.76 bits per heavy atom. The van der Waals surface area contributed by atoms with Gasteiger partial charge in [-0.15, -0.1) is 0 Å². The van der Waals surface area contributed by atoms with Gasteiger partial charge in [-0.25, -0.2) is 13.8 Å². The number of nitrogens with zero attached hydrogens (tertiary/aromatic N) is 2. The molecular weight excluding hydrogens is 278 g/mol. The maximum Gasteiger partial charge on any atom is 0.291 e. The van der Waals surface area contributed by atoms with Crippen LogP contribution in [0.2, 0.25) is 0 Å². The van der Waals surface area contributed by atoms with E-state index >= 15 is 0 Å². The number of hydrogen-bond acceptors (Lipinski definition) is 3. The topological polar surface area (TPSA) is 46.3 Å². The van der Waals surface area contributed by atoms with Crippen molar-refractivity contribution in [2.45, 2.75) is 26.8 Å². The normalized spacial score (nSPS) is 14.2. The summed E-state index contributed by atoms with van der Waals surface area (Å²) in [6.07, 6.45) is 0.360. The molecule has 0 saturated carbocycles. The van der Waals surface area contributed by atoms with Gasteiger partial charge < -0.3 is 9.32 Å². The first-order valence-corrected chi connectivity index (χ1v) is 6.66. The molecule has 1 aliphatic heterocycles. The third-order valence-electron chi connectivity index (χ3n) is 3.63. The summed E-state index contributed by atoms with van der Waals surface area (Å²) in [5, 5.41) is 0. The summed E-state index contributed by atoms with van der Waals surface area (Å²) in [5.41, 5.74) is 1.50. The Hall–Kier alpha value is -2.24. The van der Waals surface area contributed by atoms with Crippen molar-refractivity contribution >= 4 is 5.91 Å². The van der Waals surface area contributed by atoms with Crippen LogP contribution in [0.15, 0.2) is 16.5 Å². The highest BCUT2D eigenvalue weighted by Gasteiger charge is 2.27. The fraction of sp³-hybridized carbons (Fsp3) is 0.333. The zero-order valence-electron chi connectivity index (χ0n) is 11.7. The molecule has 21 heavy (non-hydrogen) atoms. The third kappa shape index (κ3) is 2.41. The summed E-state index contributed by atoms with van der Waals surface area (Å²) in [6.45, 7) is 3.90. The van der Waals surface area contributed by atoms with Gasteiger partial charge in [-0.05, 0) is 30.5 Å². The number of rotatable bonds is 1. The van der Waals surface area contributed by atoms with Gasteiger partial charge >= 0.3 is 0 Å². The van der Waals surface area contributed by atoms with E-state index in [0.29, 0.717) is 35.7 Å². The highest BCUT2D eigenvalue weighted by atomic mass is 19.1. The minimum absolute atomic E-state index is 0.169. The first kappa shape index (κ1) is 13.7. The van der Waals surface area contributed by atoms with Crippen molar-refractivity contribution in [2.75, 3.05) is 6.54 Å². The van der Waals surface area contributed by atoms with E-state index in [1.165, 1.54) is 11.0 Å². The van der Waals surface area contributed by atoms with Crippen molar-refractivity contribution in [3.63, 3.8) is 0 Å². The van der Waals surface area contributed by atoms with Gasteiger partial charge in [0.15, 0.2) is 5.89 Å². The lowest BCUT2D eigenvalue weighted by Gasteiger charge is -2.28. The lowest BCUT2D eigenvalue weighted by molar-refractivity contribution is 0.0698. The molecule has 1 aromatic carbocycles. The van der Waals surface area contributed by atoms with Crippen LogP contribution >= 0.6 is 0 Å². The van der Waals surface area contributed by atoms with E-state index in [-0.39, 0.29) is 18.2 Å². The number of halogens is 2. The molecule has 3 rings (SSSR count). The molecule has 1 amide bonds. The SMILES string of the molecule is Cc1nc(C)c(C(=O)N2CCc3c(F)cc(F)cc3C2)o1. The molecule has 0 aliphatic carbocycles. The number of hydrogen-bond donors (Lipinski definition) is 0. The average molecular weight is 292 g/mol. The van der Waals surface area contributed by atoms with Crippen LogP contribution < -0.4 is 0 Å². The molecular formula is C15H14F2N2O2. The second kappa shape index (κ2) is 4.95. The Bertz CT molecular complexity index is 725. The van der Waals surface area contributed by atoms with Gasteiger partial charge in [0.1, 0.15) is 11.6 Å². The molecule has 6 heteroatoms. The van der Waals surface area contributed by atoms with E-state index in [1.54, 1.807) is 13.8 Å². The fourth-order valence-corrected chi connectivity index (χ4v) is 2.66. The first-order valence-electron chi connectivity index (χ1n) is 6.66. The standard InChI is InChI=1S/C15H14F2N2O2/c1-8-14(21-9(2)18-8)15(20)19-4-3-12-10(7-19)5-11(16)6-13(12)17/h5-6H,3-4,7H2,1-2H3.